The Morgan fingerprint density at radius 2 is 1.95 bits per heavy atom. The van der Waals surface area contributed by atoms with E-state index >= 15 is 0 Å². The third kappa shape index (κ3) is 3.25. The molecule has 2 saturated heterocycles. The molecule has 0 spiro atoms. The summed E-state index contributed by atoms with van der Waals surface area (Å²) >= 11 is 0. The summed E-state index contributed by atoms with van der Waals surface area (Å²) in [6.45, 7) is 6.97. The van der Waals surface area contributed by atoms with Gasteiger partial charge in [-0.15, -0.1) is 0 Å². The van der Waals surface area contributed by atoms with E-state index in [1.54, 1.807) is 0 Å². The summed E-state index contributed by atoms with van der Waals surface area (Å²) in [7, 11) is 0. The molecule has 1 aromatic heterocycles. The van der Waals surface area contributed by atoms with E-state index in [0.29, 0.717) is 0 Å². The number of nitrogens with zero attached hydrogens (tertiary/aromatic N) is 3. The highest BCUT2D eigenvalue weighted by Gasteiger charge is 2.24. The van der Waals surface area contributed by atoms with Gasteiger partial charge in [-0.1, -0.05) is 6.07 Å². The fourth-order valence-electron chi connectivity index (χ4n) is 3.22. The van der Waals surface area contributed by atoms with Crippen LogP contribution in [0.4, 0.5) is 5.82 Å². The summed E-state index contributed by atoms with van der Waals surface area (Å²) in [5.74, 6) is 1.13. The molecule has 3 rings (SSSR count). The molecule has 0 aromatic carbocycles. The average Bonchev–Trinajstić information content (AvgIpc) is 2.77. The Morgan fingerprint density at radius 1 is 1.05 bits per heavy atom. The van der Waals surface area contributed by atoms with Crippen LogP contribution < -0.4 is 10.2 Å². The molecule has 0 radical (unpaired) electrons. The van der Waals surface area contributed by atoms with Crippen LogP contribution in [-0.4, -0.2) is 55.2 Å². The summed E-state index contributed by atoms with van der Waals surface area (Å²) in [6.07, 6.45) is 5.88. The minimum absolute atomic E-state index is 0.792. The van der Waals surface area contributed by atoms with E-state index < -0.39 is 0 Å². The Kier molecular flexibility index (Phi) is 4.30. The number of nitrogens with one attached hydrogen (secondary N) is 1. The van der Waals surface area contributed by atoms with Gasteiger partial charge in [0.2, 0.25) is 0 Å². The maximum Gasteiger partial charge on any atom is 0.128 e. The van der Waals surface area contributed by atoms with Crippen molar-refractivity contribution < 1.29 is 0 Å². The van der Waals surface area contributed by atoms with E-state index in [0.717, 1.165) is 24.9 Å². The van der Waals surface area contributed by atoms with Crippen LogP contribution in [0, 0.1) is 0 Å². The molecule has 104 valence electrons. The van der Waals surface area contributed by atoms with E-state index in [-0.39, 0.29) is 0 Å². The highest BCUT2D eigenvalue weighted by Crippen LogP contribution is 2.18. The molecular weight excluding hydrogens is 236 g/mol. The number of pyridine rings is 1. The van der Waals surface area contributed by atoms with Crippen LogP contribution in [-0.2, 0) is 0 Å². The normalized spacial score (nSPS) is 26.1. The average molecular weight is 260 g/mol. The molecule has 2 fully saturated rings. The van der Waals surface area contributed by atoms with Gasteiger partial charge in [-0.25, -0.2) is 4.98 Å². The van der Waals surface area contributed by atoms with Gasteiger partial charge < -0.3 is 10.2 Å². The van der Waals surface area contributed by atoms with E-state index in [9.17, 15) is 0 Å². The Bertz CT molecular complexity index is 365. The summed E-state index contributed by atoms with van der Waals surface area (Å²) < 4.78 is 0. The maximum absolute atomic E-state index is 4.45. The van der Waals surface area contributed by atoms with Crippen LogP contribution in [0.25, 0.3) is 0 Å². The van der Waals surface area contributed by atoms with Crippen LogP contribution in [0.5, 0.6) is 0 Å². The number of anilines is 1. The molecule has 3 heterocycles. The van der Waals surface area contributed by atoms with E-state index in [1.165, 1.54) is 45.4 Å². The zero-order valence-corrected chi connectivity index (χ0v) is 11.6. The highest BCUT2D eigenvalue weighted by atomic mass is 15.3. The first-order chi connectivity index (χ1) is 9.43. The van der Waals surface area contributed by atoms with Gasteiger partial charge in [0.15, 0.2) is 0 Å². The minimum atomic E-state index is 0.792. The van der Waals surface area contributed by atoms with E-state index in [1.807, 2.05) is 12.3 Å². The summed E-state index contributed by atoms with van der Waals surface area (Å²) in [5, 5.41) is 3.50. The largest absolute Gasteiger partial charge is 0.354 e. The van der Waals surface area contributed by atoms with Crippen LogP contribution in [0.15, 0.2) is 24.4 Å². The molecule has 1 aromatic rings. The SMILES string of the molecule is c1ccc(N2CCN(C3CCCNCC3)CC2)nc1. The Morgan fingerprint density at radius 3 is 2.74 bits per heavy atom. The molecule has 19 heavy (non-hydrogen) atoms. The van der Waals surface area contributed by atoms with Gasteiger partial charge in [0.1, 0.15) is 5.82 Å². The van der Waals surface area contributed by atoms with Crippen LogP contribution in [0.2, 0.25) is 0 Å². The lowest BCUT2D eigenvalue weighted by atomic mass is 10.1. The quantitative estimate of drug-likeness (QED) is 0.870. The van der Waals surface area contributed by atoms with Gasteiger partial charge in [0.05, 0.1) is 0 Å². The topological polar surface area (TPSA) is 31.4 Å². The first-order valence-corrected chi connectivity index (χ1v) is 7.54. The van der Waals surface area contributed by atoms with Crippen molar-refractivity contribution in [1.82, 2.24) is 15.2 Å². The lowest BCUT2D eigenvalue weighted by Crippen LogP contribution is -2.50. The van der Waals surface area contributed by atoms with Crippen molar-refractivity contribution >= 4 is 5.82 Å². The number of piperazine rings is 1. The lowest BCUT2D eigenvalue weighted by molar-refractivity contribution is 0.171. The van der Waals surface area contributed by atoms with Crippen molar-refractivity contribution in [3.63, 3.8) is 0 Å². The molecule has 2 aliphatic heterocycles. The van der Waals surface area contributed by atoms with Gasteiger partial charge in [-0.3, -0.25) is 4.90 Å². The number of aromatic nitrogens is 1. The van der Waals surface area contributed by atoms with E-state index in [2.05, 4.69) is 32.2 Å². The molecule has 4 nitrogen and oxygen atoms in total. The Hall–Kier alpha value is -1.13. The molecule has 0 aliphatic carbocycles. The van der Waals surface area contributed by atoms with Crippen molar-refractivity contribution in [2.45, 2.75) is 25.3 Å². The molecule has 4 heteroatoms. The van der Waals surface area contributed by atoms with Crippen molar-refractivity contribution in [1.29, 1.82) is 0 Å². The summed E-state index contributed by atoms with van der Waals surface area (Å²) in [6, 6.07) is 6.97. The van der Waals surface area contributed by atoms with Crippen LogP contribution >= 0.6 is 0 Å². The minimum Gasteiger partial charge on any atom is -0.354 e. The second-order valence-corrected chi connectivity index (χ2v) is 5.55. The Labute approximate surface area is 115 Å². The second-order valence-electron chi connectivity index (χ2n) is 5.55. The zero-order chi connectivity index (χ0) is 12.9. The molecule has 0 amide bonds. The molecule has 0 saturated carbocycles. The molecule has 1 unspecified atom stereocenters. The van der Waals surface area contributed by atoms with Crippen molar-refractivity contribution in [3.8, 4) is 0 Å². The van der Waals surface area contributed by atoms with Gasteiger partial charge in [-0.2, -0.15) is 0 Å². The predicted octanol–water partition coefficient (Wildman–Crippen LogP) is 1.35. The third-order valence-corrected chi connectivity index (χ3v) is 4.35. The highest BCUT2D eigenvalue weighted by molar-refractivity contribution is 5.38. The molecule has 1 atom stereocenters. The molecule has 1 N–H and O–H groups in total. The zero-order valence-electron chi connectivity index (χ0n) is 11.6. The maximum atomic E-state index is 4.45. The van der Waals surface area contributed by atoms with Crippen molar-refractivity contribution in [2.24, 2.45) is 0 Å². The predicted molar refractivity (Wildman–Crippen MR) is 78.5 cm³/mol. The number of rotatable bonds is 2. The summed E-state index contributed by atoms with van der Waals surface area (Å²) in [5.41, 5.74) is 0. The summed E-state index contributed by atoms with van der Waals surface area (Å²) in [4.78, 5) is 9.55. The van der Waals surface area contributed by atoms with Gasteiger partial charge >= 0.3 is 0 Å². The third-order valence-electron chi connectivity index (χ3n) is 4.35. The Balaban J connectivity index is 1.54. The van der Waals surface area contributed by atoms with Crippen molar-refractivity contribution in [3.05, 3.63) is 24.4 Å². The van der Waals surface area contributed by atoms with Crippen molar-refractivity contribution in [2.75, 3.05) is 44.2 Å². The fraction of sp³-hybridized carbons (Fsp3) is 0.667. The van der Waals surface area contributed by atoms with Crippen LogP contribution in [0.3, 0.4) is 0 Å². The first kappa shape index (κ1) is 12.9. The fourth-order valence-corrected chi connectivity index (χ4v) is 3.22. The van der Waals surface area contributed by atoms with Gasteiger partial charge in [-0.05, 0) is 44.5 Å². The smallest absolute Gasteiger partial charge is 0.128 e. The van der Waals surface area contributed by atoms with E-state index in [4.69, 9.17) is 0 Å². The molecule has 2 aliphatic rings. The first-order valence-electron chi connectivity index (χ1n) is 7.54. The number of hydrogen-bond acceptors (Lipinski definition) is 4. The second kappa shape index (κ2) is 6.35. The van der Waals surface area contributed by atoms with Crippen LogP contribution in [0.1, 0.15) is 19.3 Å². The van der Waals surface area contributed by atoms with Gasteiger partial charge in [0, 0.05) is 38.4 Å². The molecule has 0 bridgehead atoms. The standard InChI is InChI=1S/C15H24N4/c1-2-8-17-15(5-1)19-12-10-18(11-13-19)14-4-3-7-16-9-6-14/h1-2,5,8,14,16H,3-4,6-7,9-13H2. The monoisotopic (exact) mass is 260 g/mol. The molecular formula is C15H24N4. The lowest BCUT2D eigenvalue weighted by Gasteiger charge is -2.39. The number of hydrogen-bond donors (Lipinski definition) is 1. The van der Waals surface area contributed by atoms with Gasteiger partial charge in [0.25, 0.3) is 0 Å².